The van der Waals surface area contributed by atoms with E-state index in [0.29, 0.717) is 0 Å². The van der Waals surface area contributed by atoms with E-state index < -0.39 is 0 Å². The quantitative estimate of drug-likeness (QED) is 0.471. The SMILES string of the molecule is C=CCCCNC(C)(C)C(C)O. The average molecular weight is 171 g/mol. The maximum atomic E-state index is 9.35. The van der Waals surface area contributed by atoms with Gasteiger partial charge in [0.2, 0.25) is 0 Å². The maximum absolute atomic E-state index is 9.35. The van der Waals surface area contributed by atoms with Crippen molar-refractivity contribution in [3.8, 4) is 0 Å². The van der Waals surface area contributed by atoms with Gasteiger partial charge >= 0.3 is 0 Å². The molecule has 0 aliphatic rings. The number of unbranched alkanes of at least 4 members (excludes halogenated alkanes) is 1. The average Bonchev–Trinajstić information content (AvgIpc) is 1.98. The summed E-state index contributed by atoms with van der Waals surface area (Å²) in [7, 11) is 0. The molecule has 0 bridgehead atoms. The van der Waals surface area contributed by atoms with Crippen molar-refractivity contribution in [2.45, 2.75) is 45.3 Å². The first-order valence-electron chi connectivity index (χ1n) is 4.54. The minimum Gasteiger partial charge on any atom is -0.392 e. The van der Waals surface area contributed by atoms with E-state index in [-0.39, 0.29) is 11.6 Å². The second-order valence-electron chi connectivity index (χ2n) is 3.76. The Morgan fingerprint density at radius 3 is 2.58 bits per heavy atom. The maximum Gasteiger partial charge on any atom is 0.0688 e. The molecule has 0 rings (SSSR count). The highest BCUT2D eigenvalue weighted by Gasteiger charge is 2.22. The second-order valence-corrected chi connectivity index (χ2v) is 3.76. The summed E-state index contributed by atoms with van der Waals surface area (Å²) >= 11 is 0. The van der Waals surface area contributed by atoms with Crippen LogP contribution in [0.5, 0.6) is 0 Å². The molecule has 12 heavy (non-hydrogen) atoms. The molecule has 2 nitrogen and oxygen atoms in total. The van der Waals surface area contributed by atoms with E-state index in [1.54, 1.807) is 6.92 Å². The van der Waals surface area contributed by atoms with E-state index >= 15 is 0 Å². The summed E-state index contributed by atoms with van der Waals surface area (Å²) in [6.07, 6.45) is 3.71. The lowest BCUT2D eigenvalue weighted by molar-refractivity contribution is 0.0968. The Morgan fingerprint density at radius 1 is 1.58 bits per heavy atom. The Kier molecular flexibility index (Phi) is 5.18. The van der Waals surface area contributed by atoms with Crippen LogP contribution in [-0.4, -0.2) is 23.3 Å². The normalized spacial score (nSPS) is 14.3. The van der Waals surface area contributed by atoms with Crippen molar-refractivity contribution >= 4 is 0 Å². The Balaban J connectivity index is 3.54. The van der Waals surface area contributed by atoms with Crippen molar-refractivity contribution in [1.82, 2.24) is 5.32 Å². The highest BCUT2D eigenvalue weighted by atomic mass is 16.3. The van der Waals surface area contributed by atoms with Crippen molar-refractivity contribution in [2.24, 2.45) is 0 Å². The number of aliphatic hydroxyl groups is 1. The molecule has 0 aliphatic carbocycles. The molecule has 0 fully saturated rings. The molecule has 1 atom stereocenters. The largest absolute Gasteiger partial charge is 0.392 e. The standard InChI is InChI=1S/C10H21NO/c1-5-6-7-8-11-10(3,4)9(2)12/h5,9,11-12H,1,6-8H2,2-4H3. The zero-order chi connectivity index (χ0) is 9.61. The van der Waals surface area contributed by atoms with Crippen LogP contribution in [0.15, 0.2) is 12.7 Å². The third-order valence-corrected chi connectivity index (χ3v) is 2.21. The monoisotopic (exact) mass is 171 g/mol. The smallest absolute Gasteiger partial charge is 0.0688 e. The number of aliphatic hydroxyl groups excluding tert-OH is 1. The molecule has 0 amide bonds. The summed E-state index contributed by atoms with van der Waals surface area (Å²) < 4.78 is 0. The van der Waals surface area contributed by atoms with Gasteiger partial charge in [0.25, 0.3) is 0 Å². The van der Waals surface area contributed by atoms with E-state index in [1.807, 2.05) is 19.9 Å². The zero-order valence-electron chi connectivity index (χ0n) is 8.43. The second kappa shape index (κ2) is 5.33. The molecule has 2 heteroatoms. The fourth-order valence-corrected chi connectivity index (χ4v) is 0.805. The van der Waals surface area contributed by atoms with E-state index in [4.69, 9.17) is 0 Å². The van der Waals surface area contributed by atoms with Gasteiger partial charge in [0, 0.05) is 5.54 Å². The first kappa shape index (κ1) is 11.7. The summed E-state index contributed by atoms with van der Waals surface area (Å²) in [5.74, 6) is 0. The van der Waals surface area contributed by atoms with E-state index in [0.717, 1.165) is 19.4 Å². The lowest BCUT2D eigenvalue weighted by Crippen LogP contribution is -2.48. The van der Waals surface area contributed by atoms with Crippen LogP contribution < -0.4 is 5.32 Å². The Hall–Kier alpha value is -0.340. The van der Waals surface area contributed by atoms with Crippen LogP contribution in [0.25, 0.3) is 0 Å². The summed E-state index contributed by atoms with van der Waals surface area (Å²) in [5.41, 5.74) is -0.179. The molecule has 0 aliphatic heterocycles. The molecule has 2 N–H and O–H groups in total. The van der Waals surface area contributed by atoms with Crippen LogP contribution >= 0.6 is 0 Å². The molecule has 72 valence electrons. The Bertz CT molecular complexity index is 130. The summed E-state index contributed by atoms with van der Waals surface area (Å²) in [4.78, 5) is 0. The molecule has 1 unspecified atom stereocenters. The van der Waals surface area contributed by atoms with Gasteiger partial charge in [-0.1, -0.05) is 6.08 Å². The molecule has 0 spiro atoms. The summed E-state index contributed by atoms with van der Waals surface area (Å²) in [6.45, 7) is 10.4. The van der Waals surface area contributed by atoms with Crippen LogP contribution in [0.2, 0.25) is 0 Å². The first-order chi connectivity index (χ1) is 5.50. The van der Waals surface area contributed by atoms with Gasteiger partial charge in [-0.3, -0.25) is 0 Å². The van der Waals surface area contributed by atoms with Crippen molar-refractivity contribution in [2.75, 3.05) is 6.54 Å². The molecule has 0 aromatic heterocycles. The fourth-order valence-electron chi connectivity index (χ4n) is 0.805. The molecule has 0 aromatic carbocycles. The summed E-state index contributed by atoms with van der Waals surface area (Å²) in [5, 5.41) is 12.6. The van der Waals surface area contributed by atoms with Gasteiger partial charge in [0.05, 0.1) is 6.10 Å². The van der Waals surface area contributed by atoms with Crippen LogP contribution in [0.1, 0.15) is 33.6 Å². The third-order valence-electron chi connectivity index (χ3n) is 2.21. The minimum atomic E-state index is -0.318. The van der Waals surface area contributed by atoms with Crippen LogP contribution in [0, 0.1) is 0 Å². The molecule has 0 aromatic rings. The molecule has 0 heterocycles. The van der Waals surface area contributed by atoms with Crippen molar-refractivity contribution in [1.29, 1.82) is 0 Å². The van der Waals surface area contributed by atoms with Gasteiger partial charge in [0.15, 0.2) is 0 Å². The molecule has 0 saturated carbocycles. The topological polar surface area (TPSA) is 32.3 Å². The van der Waals surface area contributed by atoms with Crippen molar-refractivity contribution in [3.63, 3.8) is 0 Å². The lowest BCUT2D eigenvalue weighted by atomic mass is 9.99. The number of nitrogens with one attached hydrogen (secondary N) is 1. The lowest BCUT2D eigenvalue weighted by Gasteiger charge is -2.29. The Labute approximate surface area is 75.7 Å². The zero-order valence-corrected chi connectivity index (χ0v) is 8.43. The fraction of sp³-hybridized carbons (Fsp3) is 0.800. The predicted octanol–water partition coefficient (Wildman–Crippen LogP) is 1.70. The van der Waals surface area contributed by atoms with Gasteiger partial charge < -0.3 is 10.4 Å². The molecule has 0 radical (unpaired) electrons. The van der Waals surface area contributed by atoms with Gasteiger partial charge in [0.1, 0.15) is 0 Å². The number of allylic oxidation sites excluding steroid dienone is 1. The highest BCUT2D eigenvalue weighted by molar-refractivity contribution is 4.83. The van der Waals surface area contributed by atoms with Crippen LogP contribution in [0.4, 0.5) is 0 Å². The third kappa shape index (κ3) is 4.52. The van der Waals surface area contributed by atoms with Crippen LogP contribution in [-0.2, 0) is 0 Å². The predicted molar refractivity (Wildman–Crippen MR) is 53.2 cm³/mol. The van der Waals surface area contributed by atoms with Gasteiger partial charge in [-0.2, -0.15) is 0 Å². The van der Waals surface area contributed by atoms with E-state index in [2.05, 4.69) is 11.9 Å². The molecular weight excluding hydrogens is 150 g/mol. The summed E-state index contributed by atoms with van der Waals surface area (Å²) in [6, 6.07) is 0. The van der Waals surface area contributed by atoms with E-state index in [9.17, 15) is 5.11 Å². The molecule has 0 saturated heterocycles. The first-order valence-corrected chi connectivity index (χ1v) is 4.54. The number of rotatable bonds is 6. The van der Waals surface area contributed by atoms with Crippen molar-refractivity contribution < 1.29 is 5.11 Å². The molecular formula is C10H21NO. The Morgan fingerprint density at radius 2 is 2.17 bits per heavy atom. The van der Waals surface area contributed by atoms with Crippen LogP contribution in [0.3, 0.4) is 0 Å². The number of hydrogen-bond donors (Lipinski definition) is 2. The van der Waals surface area contributed by atoms with Gasteiger partial charge in [-0.15, -0.1) is 6.58 Å². The number of hydrogen-bond acceptors (Lipinski definition) is 2. The van der Waals surface area contributed by atoms with E-state index in [1.165, 1.54) is 0 Å². The highest BCUT2D eigenvalue weighted by Crippen LogP contribution is 2.07. The minimum absolute atomic E-state index is 0.179. The van der Waals surface area contributed by atoms with Gasteiger partial charge in [-0.05, 0) is 40.2 Å². The van der Waals surface area contributed by atoms with Gasteiger partial charge in [-0.25, -0.2) is 0 Å². The van der Waals surface area contributed by atoms with Crippen molar-refractivity contribution in [3.05, 3.63) is 12.7 Å².